The Morgan fingerprint density at radius 1 is 0.717 bits per heavy atom. The van der Waals surface area contributed by atoms with Gasteiger partial charge in [0, 0.05) is 44.7 Å². The molecule has 0 aliphatic rings. The van der Waals surface area contributed by atoms with Gasteiger partial charge in [0.15, 0.2) is 23.3 Å². The Hall–Kier alpha value is -6.42. The first kappa shape index (κ1) is 46.3. The topological polar surface area (TPSA) is 201 Å². The van der Waals surface area contributed by atoms with E-state index in [2.05, 4.69) is 56.1 Å². The molecule has 2 atom stereocenters. The van der Waals surface area contributed by atoms with Crippen LogP contribution in [-0.4, -0.2) is 61.2 Å². The van der Waals surface area contributed by atoms with E-state index in [4.69, 9.17) is 10.5 Å². The van der Waals surface area contributed by atoms with Gasteiger partial charge in [-0.2, -0.15) is 20.2 Å². The van der Waals surface area contributed by atoms with Crippen molar-refractivity contribution < 1.29 is 35.9 Å². The molecular weight excluding hydrogens is 822 g/mol. The quantitative estimate of drug-likeness (QED) is 0.0909. The number of carbonyl (C=O) groups is 1. The zero-order valence-electron chi connectivity index (χ0n) is 33.1. The van der Waals surface area contributed by atoms with Gasteiger partial charge in [-0.3, -0.25) is 9.36 Å². The molecule has 0 fully saturated rings. The van der Waals surface area contributed by atoms with Crippen molar-refractivity contribution in [2.45, 2.75) is 65.2 Å². The summed E-state index contributed by atoms with van der Waals surface area (Å²) in [7, 11) is 3.47. The number of rotatable bonds is 11. The molecule has 0 saturated heterocycles. The number of ether oxygens (including phenoxy) is 1. The number of hydrogen-bond acceptors (Lipinski definition) is 13. The summed E-state index contributed by atoms with van der Waals surface area (Å²) in [5, 5.41) is 16.4. The number of carbonyl (C=O) groups excluding carboxylic acids is 1. The fourth-order valence-electron chi connectivity index (χ4n) is 5.51. The Balaban J connectivity index is 0.000000267. The van der Waals surface area contributed by atoms with E-state index in [9.17, 15) is 26.7 Å². The second kappa shape index (κ2) is 19.6. The minimum atomic E-state index is -3.14. The van der Waals surface area contributed by atoms with Gasteiger partial charge in [-0.1, -0.05) is 12.1 Å². The van der Waals surface area contributed by atoms with Gasteiger partial charge < -0.3 is 26.4 Å². The van der Waals surface area contributed by atoms with E-state index in [1.807, 2.05) is 0 Å². The lowest BCUT2D eigenvalue weighted by atomic mass is 9.97. The molecule has 6 aromatic rings. The molecule has 0 saturated carbocycles. The Kier molecular flexibility index (Phi) is 15.1. The van der Waals surface area contributed by atoms with Crippen LogP contribution in [0.15, 0.2) is 61.4 Å². The Morgan fingerprint density at radius 2 is 1.15 bits per heavy atom. The van der Waals surface area contributed by atoms with Gasteiger partial charge >= 0.3 is 6.09 Å². The molecule has 23 heteroatoms. The largest absolute Gasteiger partial charge is 0.444 e. The van der Waals surface area contributed by atoms with E-state index in [0.717, 1.165) is 12.7 Å². The molecule has 2 aromatic carbocycles. The molecule has 60 heavy (non-hydrogen) atoms. The van der Waals surface area contributed by atoms with Crippen LogP contribution in [0.1, 0.15) is 81.8 Å². The van der Waals surface area contributed by atoms with Crippen molar-refractivity contribution in [2.75, 3.05) is 10.6 Å². The second-order valence-electron chi connectivity index (χ2n) is 13.9. The number of nitrogens with one attached hydrogen (secondary N) is 3. The van der Waals surface area contributed by atoms with Crippen LogP contribution in [0.5, 0.6) is 0 Å². The van der Waals surface area contributed by atoms with Gasteiger partial charge in [0.25, 0.3) is 12.9 Å². The zero-order chi connectivity index (χ0) is 43.2. The minimum Gasteiger partial charge on any atom is -0.444 e. The minimum absolute atomic E-state index is 0. The summed E-state index contributed by atoms with van der Waals surface area (Å²) < 4.78 is 92.6. The smallest absolute Gasteiger partial charge is 0.408 e. The molecule has 6 rings (SSSR count). The van der Waals surface area contributed by atoms with Crippen LogP contribution in [0.2, 0.25) is 0 Å². The maximum absolute atomic E-state index is 15.2. The van der Waals surface area contributed by atoms with Crippen molar-refractivity contribution >= 4 is 42.0 Å². The maximum Gasteiger partial charge on any atom is 0.408 e. The van der Waals surface area contributed by atoms with Crippen LogP contribution >= 0.6 is 12.4 Å². The fourth-order valence-corrected chi connectivity index (χ4v) is 5.51. The highest BCUT2D eigenvalue weighted by molar-refractivity contribution is 5.85. The molecule has 0 bridgehead atoms. The van der Waals surface area contributed by atoms with E-state index in [1.54, 1.807) is 68.8 Å². The number of anilines is 4. The third kappa shape index (κ3) is 11.6. The first-order valence-corrected chi connectivity index (χ1v) is 17.7. The second-order valence-corrected chi connectivity index (χ2v) is 13.9. The number of amides is 1. The fraction of sp³-hybridized carbons (Fsp3) is 0.324. The summed E-state index contributed by atoms with van der Waals surface area (Å²) in [6, 6.07) is 6.97. The molecule has 16 nitrogen and oxygen atoms in total. The SMILES string of the molecule is C[C@@H](N)c1ccc(-c2ncnc(Nc3ccn(C)n3)n2)c(F)c1C(F)F.C[C@@H](NC(=O)OC(C)(C)C)c1ccc(-c2ncnc(Nc3ccn(C)n3)n2)c(F)c1C(F)F.Cl. The molecule has 4 aromatic heterocycles. The van der Waals surface area contributed by atoms with Crippen molar-refractivity contribution in [3.8, 4) is 22.8 Å². The predicted octanol–water partition coefficient (Wildman–Crippen LogP) is 8.21. The van der Waals surface area contributed by atoms with Crippen LogP contribution in [0.3, 0.4) is 0 Å². The van der Waals surface area contributed by atoms with Crippen LogP contribution < -0.4 is 21.7 Å². The van der Waals surface area contributed by atoms with Gasteiger partial charge in [0.1, 0.15) is 29.9 Å². The molecule has 4 heterocycles. The van der Waals surface area contributed by atoms with Gasteiger partial charge in [-0.25, -0.2) is 51.1 Å². The zero-order valence-corrected chi connectivity index (χ0v) is 33.9. The van der Waals surface area contributed by atoms with Crippen LogP contribution in [0, 0.1) is 11.6 Å². The third-order valence-electron chi connectivity index (χ3n) is 8.09. The molecule has 5 N–H and O–H groups in total. The van der Waals surface area contributed by atoms with E-state index < -0.39 is 59.4 Å². The van der Waals surface area contributed by atoms with Crippen molar-refractivity contribution in [1.82, 2.24) is 54.8 Å². The summed E-state index contributed by atoms with van der Waals surface area (Å²) in [4.78, 5) is 35.9. The molecular formula is C37H41ClF6N14O2. The average Bonchev–Trinajstić information content (AvgIpc) is 3.76. The van der Waals surface area contributed by atoms with Gasteiger partial charge in [0.2, 0.25) is 11.9 Å². The van der Waals surface area contributed by atoms with E-state index in [0.29, 0.717) is 11.6 Å². The number of alkyl carbamates (subject to hydrolysis) is 1. The summed E-state index contributed by atoms with van der Waals surface area (Å²) in [5.41, 5.74) is 2.87. The highest BCUT2D eigenvalue weighted by Gasteiger charge is 2.28. The first-order chi connectivity index (χ1) is 27.8. The van der Waals surface area contributed by atoms with E-state index in [-0.39, 0.29) is 58.2 Å². The average molecular weight is 863 g/mol. The number of benzene rings is 2. The van der Waals surface area contributed by atoms with Gasteiger partial charge in [-0.15, -0.1) is 12.4 Å². The summed E-state index contributed by atoms with van der Waals surface area (Å²) >= 11 is 0. The number of nitrogens with zero attached hydrogens (tertiary/aromatic N) is 10. The number of nitrogens with two attached hydrogens (primary N) is 1. The lowest BCUT2D eigenvalue weighted by Gasteiger charge is -2.23. The van der Waals surface area contributed by atoms with Crippen molar-refractivity contribution in [3.63, 3.8) is 0 Å². The Morgan fingerprint density at radius 3 is 1.53 bits per heavy atom. The summed E-state index contributed by atoms with van der Waals surface area (Å²) in [6.45, 7) is 7.98. The standard InChI is InChI=1S/C21H24F3N7O2.C16H16F3N7.ClH/c1-11(27-20(32)33-21(2,3)4)12-6-7-13(16(22)15(12)17(23)24)18-25-10-26-19(29-18)28-14-8-9-31(5)30-14;1-8(20)9-3-4-10(13(17)12(9)14(18)19)15-21-7-22-16(24-15)23-11-5-6-26(2)25-11;/h6-11,17H,1-5H3,(H,27,32)(H,25,26,28,29,30);3-8,14H,20H2,1-2H3,(H,21,22,23,24,25);1H/t11-;8-;/m11./s1. The van der Waals surface area contributed by atoms with E-state index >= 15 is 4.39 Å². The maximum atomic E-state index is 15.2. The van der Waals surface area contributed by atoms with E-state index in [1.165, 1.54) is 38.1 Å². The van der Waals surface area contributed by atoms with Gasteiger partial charge in [0.05, 0.1) is 28.3 Å². The van der Waals surface area contributed by atoms with Crippen molar-refractivity contribution in [2.24, 2.45) is 19.8 Å². The molecule has 0 unspecified atom stereocenters. The first-order valence-electron chi connectivity index (χ1n) is 17.7. The van der Waals surface area contributed by atoms with Crippen molar-refractivity contribution in [1.29, 1.82) is 0 Å². The molecule has 0 aliphatic heterocycles. The van der Waals surface area contributed by atoms with Crippen LogP contribution in [-0.2, 0) is 18.8 Å². The van der Waals surface area contributed by atoms with Crippen LogP contribution in [0.25, 0.3) is 22.8 Å². The molecule has 1 amide bonds. The molecule has 0 radical (unpaired) electrons. The molecule has 320 valence electrons. The molecule has 0 aliphatic carbocycles. The Bertz CT molecular complexity index is 2410. The molecule has 0 spiro atoms. The lowest BCUT2D eigenvalue weighted by molar-refractivity contribution is 0.0505. The summed E-state index contributed by atoms with van der Waals surface area (Å²) in [6.07, 6.45) is -1.25. The normalized spacial score (nSPS) is 12.3. The number of alkyl halides is 4. The number of aromatic nitrogens is 10. The number of aryl methyl sites for hydroxylation is 2. The van der Waals surface area contributed by atoms with Crippen LogP contribution in [0.4, 0.5) is 54.7 Å². The lowest BCUT2D eigenvalue weighted by Crippen LogP contribution is -2.34. The van der Waals surface area contributed by atoms with Gasteiger partial charge in [-0.05, 0) is 57.9 Å². The monoisotopic (exact) mass is 862 g/mol. The number of hydrogen-bond donors (Lipinski definition) is 4. The third-order valence-corrected chi connectivity index (χ3v) is 8.09. The van der Waals surface area contributed by atoms with Crippen molar-refractivity contribution in [3.05, 3.63) is 95.3 Å². The number of halogens is 7. The predicted molar refractivity (Wildman–Crippen MR) is 211 cm³/mol. The summed E-state index contributed by atoms with van der Waals surface area (Å²) in [5.74, 6) is -1.38. The highest BCUT2D eigenvalue weighted by Crippen LogP contribution is 2.36. The Labute approximate surface area is 345 Å². The highest BCUT2D eigenvalue weighted by atomic mass is 35.5.